The van der Waals surface area contributed by atoms with Gasteiger partial charge in [0.15, 0.2) is 11.6 Å². The Bertz CT molecular complexity index is 1290. The molecule has 41 heavy (non-hydrogen) atoms. The van der Waals surface area contributed by atoms with Gasteiger partial charge in [-0.15, -0.1) is 0 Å². The molecular weight excluding hydrogens is 512 g/mol. The summed E-state index contributed by atoms with van der Waals surface area (Å²) in [5, 5.41) is 13.0. The number of hydrogen-bond donors (Lipinski definition) is 1. The van der Waals surface area contributed by atoms with Crippen molar-refractivity contribution < 1.29 is 19.1 Å². The molecule has 1 amide bonds. The predicted molar refractivity (Wildman–Crippen MR) is 156 cm³/mol. The zero-order valence-corrected chi connectivity index (χ0v) is 25.9. The molecule has 5 aliphatic carbocycles. The number of fused-ring (bicyclic) bond motifs is 7. The monoisotopic (exact) mass is 560 g/mol. The molecule has 1 saturated heterocycles. The van der Waals surface area contributed by atoms with E-state index in [2.05, 4.69) is 46.0 Å². The second kappa shape index (κ2) is 9.37. The van der Waals surface area contributed by atoms with Crippen LogP contribution in [0.4, 0.5) is 0 Å². The average Bonchev–Trinajstić information content (AvgIpc) is 2.89. The summed E-state index contributed by atoms with van der Waals surface area (Å²) in [5.74, 6) is 0.356. The molecule has 0 radical (unpaired) electrons. The lowest BCUT2D eigenvalue weighted by atomic mass is 9.34. The molecule has 0 aromatic rings. The molecule has 6 aliphatic rings. The van der Waals surface area contributed by atoms with E-state index in [1.54, 1.807) is 0 Å². The Balaban J connectivity index is 1.39. The second-order valence-electron chi connectivity index (χ2n) is 16.1. The predicted octanol–water partition coefficient (Wildman–Crippen LogP) is 6.11. The van der Waals surface area contributed by atoms with Gasteiger partial charge in [0.05, 0.1) is 24.8 Å². The van der Waals surface area contributed by atoms with Gasteiger partial charge in [0.2, 0.25) is 5.91 Å². The number of nitrogens with one attached hydrogen (secondary N) is 1. The van der Waals surface area contributed by atoms with E-state index in [0.717, 1.165) is 56.9 Å². The van der Waals surface area contributed by atoms with E-state index in [-0.39, 0.29) is 74.4 Å². The van der Waals surface area contributed by atoms with Gasteiger partial charge in [-0.1, -0.05) is 53.2 Å². The first-order valence-electron chi connectivity index (χ1n) is 16.0. The van der Waals surface area contributed by atoms with Gasteiger partial charge in [-0.2, -0.15) is 5.26 Å². The van der Waals surface area contributed by atoms with Crippen molar-refractivity contribution in [2.75, 3.05) is 13.2 Å². The van der Waals surface area contributed by atoms with E-state index in [9.17, 15) is 19.6 Å². The summed E-state index contributed by atoms with van der Waals surface area (Å²) >= 11 is 0. The highest BCUT2D eigenvalue weighted by Gasteiger charge is 2.68. The lowest BCUT2D eigenvalue weighted by Gasteiger charge is -2.69. The Hall–Kier alpha value is -2.26. The average molecular weight is 561 g/mol. The Morgan fingerprint density at radius 3 is 2.41 bits per heavy atom. The van der Waals surface area contributed by atoms with Crippen molar-refractivity contribution in [3.8, 4) is 6.07 Å². The van der Waals surface area contributed by atoms with Gasteiger partial charge in [-0.3, -0.25) is 14.4 Å². The van der Waals surface area contributed by atoms with Gasteiger partial charge in [-0.25, -0.2) is 0 Å². The Morgan fingerprint density at radius 2 is 1.76 bits per heavy atom. The minimum atomic E-state index is -0.473. The highest BCUT2D eigenvalue weighted by molar-refractivity contribution is 6.02. The van der Waals surface area contributed by atoms with Gasteiger partial charge in [0.25, 0.3) is 0 Å². The molecule has 0 spiro atoms. The van der Waals surface area contributed by atoms with E-state index >= 15 is 0 Å². The molecule has 3 saturated carbocycles. The Kier molecular flexibility index (Phi) is 6.59. The molecule has 1 aliphatic heterocycles. The summed E-state index contributed by atoms with van der Waals surface area (Å²) in [4.78, 5) is 40.5. The van der Waals surface area contributed by atoms with Gasteiger partial charge in [-0.05, 0) is 90.9 Å². The molecule has 6 heteroatoms. The summed E-state index contributed by atoms with van der Waals surface area (Å²) in [6.07, 6.45) is 12.4. The van der Waals surface area contributed by atoms with Crippen LogP contribution in [0, 0.1) is 62.1 Å². The third-order valence-corrected chi connectivity index (χ3v) is 13.5. The number of ketones is 2. The fourth-order valence-electron chi connectivity index (χ4n) is 10.8. The molecule has 1 heterocycles. The normalized spacial score (nSPS) is 45.0. The van der Waals surface area contributed by atoms with Crippen LogP contribution >= 0.6 is 0 Å². The SMILES string of the molecule is C[C@@H]1C(=O)C(C#N)=C[C@]2(C)C3=CC(=O)C4C5CC(C)(C)CC[C@]5(CCC(=O)NC5COC5)CC[C@@]4(C)[C@]3(C)CC[C@@H]12. The van der Waals surface area contributed by atoms with Gasteiger partial charge in [0, 0.05) is 23.7 Å². The third-order valence-electron chi connectivity index (χ3n) is 13.5. The van der Waals surface area contributed by atoms with E-state index in [1.165, 1.54) is 0 Å². The molecule has 0 aromatic carbocycles. The van der Waals surface area contributed by atoms with Crippen molar-refractivity contribution >= 4 is 17.5 Å². The molecule has 1 N–H and O–H groups in total. The lowest BCUT2D eigenvalue weighted by molar-refractivity contribution is -0.171. The number of rotatable bonds is 4. The van der Waals surface area contributed by atoms with Crippen molar-refractivity contribution in [2.24, 2.45) is 50.7 Å². The third kappa shape index (κ3) is 4.08. The number of ether oxygens (including phenoxy) is 1. The lowest BCUT2D eigenvalue weighted by Crippen LogP contribution is -2.64. The van der Waals surface area contributed by atoms with E-state index in [4.69, 9.17) is 4.74 Å². The number of Topliss-reactive ketones (excluding diaryl/α,β-unsaturated/α-hetero) is 1. The largest absolute Gasteiger partial charge is 0.377 e. The molecule has 6 rings (SSSR count). The minimum absolute atomic E-state index is 0.00523. The number of carbonyl (C=O) groups excluding carboxylic acids is 3. The zero-order chi connectivity index (χ0) is 29.6. The van der Waals surface area contributed by atoms with E-state index < -0.39 is 5.41 Å². The molecular formula is C35H48N2O4. The molecule has 2 unspecified atom stereocenters. The molecule has 6 nitrogen and oxygen atoms in total. The Morgan fingerprint density at radius 1 is 1.05 bits per heavy atom. The molecule has 4 fully saturated rings. The molecule has 0 bridgehead atoms. The van der Waals surface area contributed by atoms with Crippen LogP contribution in [0.15, 0.2) is 23.3 Å². The van der Waals surface area contributed by atoms with Crippen molar-refractivity contribution in [3.05, 3.63) is 23.3 Å². The van der Waals surface area contributed by atoms with E-state index in [0.29, 0.717) is 19.6 Å². The summed E-state index contributed by atoms with van der Waals surface area (Å²) in [5.41, 5.74) is 0.705. The van der Waals surface area contributed by atoms with Crippen LogP contribution in [-0.4, -0.2) is 36.7 Å². The number of allylic oxidation sites excluding steroid dienone is 4. The highest BCUT2D eigenvalue weighted by atomic mass is 16.5. The smallest absolute Gasteiger partial charge is 0.220 e. The first-order valence-corrected chi connectivity index (χ1v) is 16.0. The van der Waals surface area contributed by atoms with Crippen LogP contribution in [0.2, 0.25) is 0 Å². The molecule has 0 aromatic heterocycles. The standard InChI is InChI=1S/C35H48N2O4/c1-21-24-7-9-33(5)27(32(24,4)16-22(18-36)30(21)40)15-26(38)29-25-17-31(2,3)11-13-35(25,14-12-34(29,33)6)10-8-28(39)37-23-19-41-20-23/h15-16,21,23-25,29H,7-14,17,19-20H2,1-6H3,(H,37,39)/t21-,24-,25?,29?,32-,33+,34+,35+/m0/s1. The summed E-state index contributed by atoms with van der Waals surface area (Å²) in [6.45, 7) is 14.8. The number of nitrogens with zero attached hydrogens (tertiary/aromatic N) is 1. The number of amides is 1. The zero-order valence-electron chi connectivity index (χ0n) is 25.9. The Labute approximate surface area is 245 Å². The van der Waals surface area contributed by atoms with Crippen molar-refractivity contribution in [1.82, 2.24) is 5.32 Å². The van der Waals surface area contributed by atoms with Gasteiger partial charge < -0.3 is 10.1 Å². The first kappa shape index (κ1) is 28.8. The summed E-state index contributed by atoms with van der Waals surface area (Å²) in [7, 11) is 0. The van der Waals surface area contributed by atoms with Crippen LogP contribution in [0.25, 0.3) is 0 Å². The number of nitriles is 1. The van der Waals surface area contributed by atoms with Crippen LogP contribution in [-0.2, 0) is 19.1 Å². The molecule has 8 atom stereocenters. The minimum Gasteiger partial charge on any atom is -0.377 e. The van der Waals surface area contributed by atoms with Crippen LogP contribution < -0.4 is 5.32 Å². The quantitative estimate of drug-likeness (QED) is 0.447. The maximum Gasteiger partial charge on any atom is 0.220 e. The van der Waals surface area contributed by atoms with Crippen molar-refractivity contribution in [1.29, 1.82) is 5.26 Å². The second-order valence-corrected chi connectivity index (χ2v) is 16.1. The van der Waals surface area contributed by atoms with Crippen LogP contribution in [0.5, 0.6) is 0 Å². The number of hydrogen-bond acceptors (Lipinski definition) is 5. The van der Waals surface area contributed by atoms with Crippen molar-refractivity contribution in [3.63, 3.8) is 0 Å². The fraction of sp³-hybridized carbons (Fsp3) is 0.771. The van der Waals surface area contributed by atoms with Crippen LogP contribution in [0.3, 0.4) is 0 Å². The highest BCUT2D eigenvalue weighted by Crippen LogP contribution is 2.74. The van der Waals surface area contributed by atoms with E-state index in [1.807, 2.05) is 19.1 Å². The first-order chi connectivity index (χ1) is 19.2. The maximum atomic E-state index is 14.6. The topological polar surface area (TPSA) is 96.3 Å². The summed E-state index contributed by atoms with van der Waals surface area (Å²) in [6, 6.07) is 2.32. The fourth-order valence-corrected chi connectivity index (χ4v) is 10.8. The van der Waals surface area contributed by atoms with Gasteiger partial charge in [0.1, 0.15) is 6.07 Å². The maximum absolute atomic E-state index is 14.6. The van der Waals surface area contributed by atoms with Gasteiger partial charge >= 0.3 is 0 Å². The summed E-state index contributed by atoms with van der Waals surface area (Å²) < 4.78 is 5.24. The van der Waals surface area contributed by atoms with Crippen molar-refractivity contribution in [2.45, 2.75) is 105 Å². The van der Waals surface area contributed by atoms with Crippen LogP contribution in [0.1, 0.15) is 99.3 Å². The molecule has 222 valence electrons. The number of carbonyl (C=O) groups is 3.